The van der Waals surface area contributed by atoms with Crippen LogP contribution in [-0.4, -0.2) is 11.1 Å². The van der Waals surface area contributed by atoms with E-state index < -0.39 is 5.97 Å². The Morgan fingerprint density at radius 2 is 1.45 bits per heavy atom. The van der Waals surface area contributed by atoms with E-state index in [1.165, 1.54) is 5.56 Å². The number of benzene rings is 3. The molecule has 0 unspecified atom stereocenters. The van der Waals surface area contributed by atoms with Gasteiger partial charge < -0.3 is 5.11 Å². The first-order valence-electron chi connectivity index (χ1n) is 7.28. The zero-order chi connectivity index (χ0) is 15.1. The number of fused-ring (bicyclic) bond motifs is 3. The highest BCUT2D eigenvalue weighted by atomic mass is 16.4. The molecule has 0 aliphatic heterocycles. The van der Waals surface area contributed by atoms with Crippen molar-refractivity contribution in [3.63, 3.8) is 0 Å². The van der Waals surface area contributed by atoms with Gasteiger partial charge in [0.15, 0.2) is 0 Å². The van der Waals surface area contributed by atoms with E-state index in [4.69, 9.17) is 0 Å². The molecule has 1 aliphatic carbocycles. The Balaban J connectivity index is 1.99. The third-order valence-corrected chi connectivity index (χ3v) is 4.29. The molecule has 0 aromatic heterocycles. The van der Waals surface area contributed by atoms with E-state index in [0.29, 0.717) is 12.0 Å². The predicted molar refractivity (Wildman–Crippen MR) is 87.1 cm³/mol. The lowest BCUT2D eigenvalue weighted by atomic mass is 9.92. The molecule has 4 rings (SSSR count). The van der Waals surface area contributed by atoms with Crippen molar-refractivity contribution < 1.29 is 9.90 Å². The summed E-state index contributed by atoms with van der Waals surface area (Å²) in [6, 6.07) is 21.8. The van der Waals surface area contributed by atoms with Crippen LogP contribution < -0.4 is 0 Å². The van der Waals surface area contributed by atoms with Gasteiger partial charge in [-0.2, -0.15) is 0 Å². The molecule has 1 aliphatic rings. The van der Waals surface area contributed by atoms with Crippen LogP contribution in [0.2, 0.25) is 0 Å². The van der Waals surface area contributed by atoms with Crippen LogP contribution in [0, 0.1) is 0 Å². The predicted octanol–water partition coefficient (Wildman–Crippen LogP) is 4.62. The van der Waals surface area contributed by atoms with Gasteiger partial charge in [-0.05, 0) is 39.8 Å². The van der Waals surface area contributed by atoms with Crippen LogP contribution in [0.4, 0.5) is 0 Å². The Morgan fingerprint density at radius 3 is 2.23 bits per heavy atom. The van der Waals surface area contributed by atoms with Crippen LogP contribution in [0.1, 0.15) is 21.5 Å². The van der Waals surface area contributed by atoms with Gasteiger partial charge in [-0.25, -0.2) is 4.79 Å². The molecule has 0 saturated heterocycles. The number of hydrogen-bond acceptors (Lipinski definition) is 1. The molecule has 106 valence electrons. The van der Waals surface area contributed by atoms with Crippen molar-refractivity contribution in [3.8, 4) is 22.3 Å². The summed E-state index contributed by atoms with van der Waals surface area (Å²) in [5, 5.41) is 9.77. The van der Waals surface area contributed by atoms with Crippen molar-refractivity contribution in [2.24, 2.45) is 0 Å². The Hall–Kier alpha value is -2.87. The van der Waals surface area contributed by atoms with E-state index in [-0.39, 0.29) is 0 Å². The van der Waals surface area contributed by atoms with Gasteiger partial charge in [0.2, 0.25) is 0 Å². The third-order valence-electron chi connectivity index (χ3n) is 4.29. The molecule has 0 atom stereocenters. The maximum absolute atomic E-state index is 11.9. The SMILES string of the molecule is O=C(O)c1c(-c2ccccc2)ccc2c1Cc1ccccc1-2. The van der Waals surface area contributed by atoms with E-state index >= 15 is 0 Å². The molecule has 22 heavy (non-hydrogen) atoms. The van der Waals surface area contributed by atoms with Gasteiger partial charge >= 0.3 is 5.97 Å². The number of carboxylic acid groups (broad SMARTS) is 1. The van der Waals surface area contributed by atoms with Crippen LogP contribution in [0.3, 0.4) is 0 Å². The molecule has 0 radical (unpaired) electrons. The normalized spacial score (nSPS) is 11.8. The van der Waals surface area contributed by atoms with Gasteiger partial charge in [-0.1, -0.05) is 66.7 Å². The van der Waals surface area contributed by atoms with Crippen molar-refractivity contribution in [2.75, 3.05) is 0 Å². The summed E-state index contributed by atoms with van der Waals surface area (Å²) < 4.78 is 0. The first-order valence-corrected chi connectivity index (χ1v) is 7.28. The minimum atomic E-state index is -0.858. The lowest BCUT2D eigenvalue weighted by Crippen LogP contribution is -2.04. The molecule has 0 bridgehead atoms. The average molecular weight is 286 g/mol. The lowest BCUT2D eigenvalue weighted by molar-refractivity contribution is 0.0697. The summed E-state index contributed by atoms with van der Waals surface area (Å²) in [6.07, 6.45) is 0.688. The molecule has 3 aromatic rings. The topological polar surface area (TPSA) is 37.3 Å². The highest BCUT2D eigenvalue weighted by Gasteiger charge is 2.26. The van der Waals surface area contributed by atoms with Crippen molar-refractivity contribution >= 4 is 5.97 Å². The maximum Gasteiger partial charge on any atom is 0.336 e. The summed E-state index contributed by atoms with van der Waals surface area (Å²) in [5.41, 5.74) is 6.49. The van der Waals surface area contributed by atoms with Crippen molar-refractivity contribution in [2.45, 2.75) is 6.42 Å². The van der Waals surface area contributed by atoms with Gasteiger partial charge in [0.25, 0.3) is 0 Å². The minimum absolute atomic E-state index is 0.430. The largest absolute Gasteiger partial charge is 0.478 e. The van der Waals surface area contributed by atoms with E-state index in [0.717, 1.165) is 27.8 Å². The average Bonchev–Trinajstić information content (AvgIpc) is 2.93. The van der Waals surface area contributed by atoms with Crippen molar-refractivity contribution in [1.29, 1.82) is 0 Å². The third kappa shape index (κ3) is 1.85. The molecular formula is C20H14O2. The van der Waals surface area contributed by atoms with Crippen LogP contribution in [0.15, 0.2) is 66.7 Å². The van der Waals surface area contributed by atoms with Crippen molar-refractivity contribution in [3.05, 3.63) is 83.4 Å². The Labute approximate surface area is 128 Å². The Bertz CT molecular complexity index is 879. The monoisotopic (exact) mass is 286 g/mol. The van der Waals surface area contributed by atoms with E-state index in [9.17, 15) is 9.90 Å². The molecule has 0 saturated carbocycles. The molecule has 2 heteroatoms. The first-order chi connectivity index (χ1) is 10.8. The fraction of sp³-hybridized carbons (Fsp3) is 0.0500. The summed E-state index contributed by atoms with van der Waals surface area (Å²) in [5.74, 6) is -0.858. The zero-order valence-electron chi connectivity index (χ0n) is 11.9. The van der Waals surface area contributed by atoms with E-state index in [1.54, 1.807) is 0 Å². The standard InChI is InChI=1S/C20H14O2/c21-20(22)19-16(13-6-2-1-3-7-13)10-11-17-15-9-5-4-8-14(15)12-18(17)19/h1-11H,12H2,(H,21,22). The van der Waals surface area contributed by atoms with Gasteiger partial charge in [0.1, 0.15) is 0 Å². The molecule has 3 aromatic carbocycles. The fourth-order valence-electron chi connectivity index (χ4n) is 3.31. The number of carbonyl (C=O) groups is 1. The first kappa shape index (κ1) is 12.8. The zero-order valence-corrected chi connectivity index (χ0v) is 11.9. The number of aromatic carboxylic acids is 1. The molecule has 0 fully saturated rings. The maximum atomic E-state index is 11.9. The number of hydrogen-bond donors (Lipinski definition) is 1. The molecule has 0 spiro atoms. The fourth-order valence-corrected chi connectivity index (χ4v) is 3.31. The van der Waals surface area contributed by atoms with Crippen LogP contribution >= 0.6 is 0 Å². The Kier molecular flexibility index (Phi) is 2.83. The molecule has 0 amide bonds. The van der Waals surface area contributed by atoms with Gasteiger partial charge in [0.05, 0.1) is 5.56 Å². The number of rotatable bonds is 2. The highest BCUT2D eigenvalue weighted by molar-refractivity contribution is 6.01. The van der Waals surface area contributed by atoms with Crippen LogP contribution in [0.25, 0.3) is 22.3 Å². The quantitative estimate of drug-likeness (QED) is 0.583. The van der Waals surface area contributed by atoms with Crippen LogP contribution in [0.5, 0.6) is 0 Å². The smallest absolute Gasteiger partial charge is 0.336 e. The van der Waals surface area contributed by atoms with E-state index in [1.807, 2.05) is 48.5 Å². The summed E-state index contributed by atoms with van der Waals surface area (Å²) in [4.78, 5) is 11.9. The second-order valence-electron chi connectivity index (χ2n) is 5.52. The summed E-state index contributed by atoms with van der Waals surface area (Å²) in [6.45, 7) is 0. The second kappa shape index (κ2) is 4.85. The second-order valence-corrected chi connectivity index (χ2v) is 5.52. The van der Waals surface area contributed by atoms with E-state index in [2.05, 4.69) is 18.2 Å². The van der Waals surface area contributed by atoms with Crippen LogP contribution in [-0.2, 0) is 6.42 Å². The van der Waals surface area contributed by atoms with Gasteiger partial charge in [-0.3, -0.25) is 0 Å². The molecular weight excluding hydrogens is 272 g/mol. The number of carboxylic acids is 1. The minimum Gasteiger partial charge on any atom is -0.478 e. The molecule has 2 nitrogen and oxygen atoms in total. The summed E-state index contributed by atoms with van der Waals surface area (Å²) in [7, 11) is 0. The lowest BCUT2D eigenvalue weighted by Gasteiger charge is -2.11. The van der Waals surface area contributed by atoms with Crippen molar-refractivity contribution in [1.82, 2.24) is 0 Å². The Morgan fingerprint density at radius 1 is 0.773 bits per heavy atom. The highest BCUT2D eigenvalue weighted by Crippen LogP contribution is 2.41. The molecule has 1 N–H and O–H groups in total. The molecule has 0 heterocycles. The summed E-state index contributed by atoms with van der Waals surface area (Å²) >= 11 is 0. The van der Waals surface area contributed by atoms with Gasteiger partial charge in [-0.15, -0.1) is 0 Å². The van der Waals surface area contributed by atoms with Gasteiger partial charge in [0, 0.05) is 0 Å².